The van der Waals surface area contributed by atoms with Crippen molar-refractivity contribution in [2.45, 2.75) is 9.79 Å². The summed E-state index contributed by atoms with van der Waals surface area (Å²) in [7, 11) is -3.74. The molecule has 3 aromatic rings. The molecule has 0 unspecified atom stereocenters. The van der Waals surface area contributed by atoms with E-state index in [1.165, 1.54) is 36.4 Å². The molecule has 26 heavy (non-hydrogen) atoms. The summed E-state index contributed by atoms with van der Waals surface area (Å²) in [5.74, 6) is -1.86. The summed E-state index contributed by atoms with van der Waals surface area (Å²) in [5.41, 5.74) is 0.862. The Balaban J connectivity index is 1.84. The van der Waals surface area contributed by atoms with Crippen LogP contribution in [0.5, 0.6) is 0 Å². The number of rotatable bonds is 4. The maximum Gasteiger partial charge on any atom is 0.206 e. The lowest BCUT2D eigenvalue weighted by molar-refractivity contribution is 0.581. The molecular weight excluding hydrogens is 361 g/mol. The zero-order valence-corrected chi connectivity index (χ0v) is 14.2. The lowest BCUT2D eigenvalue weighted by Crippen LogP contribution is -2.01. The van der Waals surface area contributed by atoms with E-state index in [0.717, 1.165) is 24.3 Å². The van der Waals surface area contributed by atoms with Crippen molar-refractivity contribution in [1.29, 1.82) is 0 Å². The van der Waals surface area contributed by atoms with Crippen molar-refractivity contribution in [1.82, 2.24) is 0 Å². The molecule has 0 bridgehead atoms. The van der Waals surface area contributed by atoms with Gasteiger partial charge in [0, 0.05) is 11.6 Å². The Morgan fingerprint density at radius 1 is 0.654 bits per heavy atom. The van der Waals surface area contributed by atoms with Gasteiger partial charge in [-0.15, -0.1) is 0 Å². The first-order chi connectivity index (χ1) is 12.4. The highest BCUT2D eigenvalue weighted by Crippen LogP contribution is 2.22. The molecule has 0 radical (unpaired) electrons. The molecule has 0 heterocycles. The predicted molar refractivity (Wildman–Crippen MR) is 93.6 cm³/mol. The van der Waals surface area contributed by atoms with Gasteiger partial charge in [-0.2, -0.15) is 0 Å². The fraction of sp³-hybridized carbons (Fsp3) is 0. The molecule has 0 saturated carbocycles. The van der Waals surface area contributed by atoms with Crippen LogP contribution in [0.4, 0.5) is 13.2 Å². The molecule has 0 aliphatic rings. The average Bonchev–Trinajstić information content (AvgIpc) is 2.62. The van der Waals surface area contributed by atoms with Crippen LogP contribution in [0.1, 0.15) is 11.1 Å². The minimum atomic E-state index is -3.74. The number of benzene rings is 3. The number of hydrogen-bond donors (Lipinski definition) is 0. The summed E-state index contributed by atoms with van der Waals surface area (Å²) < 4.78 is 64.4. The summed E-state index contributed by atoms with van der Waals surface area (Å²) in [5, 5.41) is 0. The molecule has 0 N–H and O–H groups in total. The highest BCUT2D eigenvalue weighted by atomic mass is 32.2. The minimum absolute atomic E-state index is 0.00410. The standard InChI is InChI=1S/C20H13F3O2S/c21-16-7-11-19(12-8-16)26(24,25)18-9-2-14(3-10-18)1-4-15-5-6-17(22)13-20(15)23/h1-13H/b4-1+. The number of sulfone groups is 1. The van der Waals surface area contributed by atoms with Crippen molar-refractivity contribution in [2.24, 2.45) is 0 Å². The quantitative estimate of drug-likeness (QED) is 0.470. The Bertz CT molecular complexity index is 1060. The van der Waals surface area contributed by atoms with Gasteiger partial charge in [-0.1, -0.05) is 24.3 Å². The van der Waals surface area contributed by atoms with Gasteiger partial charge in [0.2, 0.25) is 9.84 Å². The molecule has 0 amide bonds. The van der Waals surface area contributed by atoms with Crippen molar-refractivity contribution in [3.05, 3.63) is 95.3 Å². The van der Waals surface area contributed by atoms with Crippen LogP contribution < -0.4 is 0 Å². The topological polar surface area (TPSA) is 34.1 Å². The van der Waals surface area contributed by atoms with Gasteiger partial charge in [-0.25, -0.2) is 21.6 Å². The fourth-order valence-electron chi connectivity index (χ4n) is 2.33. The van der Waals surface area contributed by atoms with E-state index < -0.39 is 27.3 Å². The van der Waals surface area contributed by atoms with Gasteiger partial charge < -0.3 is 0 Å². The first-order valence-electron chi connectivity index (χ1n) is 7.60. The molecule has 6 heteroatoms. The van der Waals surface area contributed by atoms with Crippen LogP contribution in [-0.4, -0.2) is 8.42 Å². The summed E-state index contributed by atoms with van der Waals surface area (Å²) >= 11 is 0. The second-order valence-corrected chi connectivity index (χ2v) is 7.48. The SMILES string of the molecule is O=S(=O)(c1ccc(F)cc1)c1ccc(/C=C/c2ccc(F)cc2F)cc1. The van der Waals surface area contributed by atoms with Gasteiger partial charge in [0.05, 0.1) is 9.79 Å². The number of halogens is 3. The first kappa shape index (κ1) is 17.9. The average molecular weight is 374 g/mol. The molecule has 3 rings (SSSR count). The Hall–Kier alpha value is -2.86. The first-order valence-corrected chi connectivity index (χ1v) is 9.08. The third kappa shape index (κ3) is 3.86. The third-order valence-electron chi connectivity index (χ3n) is 3.73. The van der Waals surface area contributed by atoms with Gasteiger partial charge in [-0.05, 0) is 54.1 Å². The molecule has 0 aliphatic heterocycles. The molecule has 0 atom stereocenters. The van der Waals surface area contributed by atoms with E-state index >= 15 is 0 Å². The van der Waals surface area contributed by atoms with E-state index in [2.05, 4.69) is 0 Å². The van der Waals surface area contributed by atoms with Crippen LogP contribution in [0.25, 0.3) is 12.2 Å². The minimum Gasteiger partial charge on any atom is -0.219 e. The van der Waals surface area contributed by atoms with E-state index in [1.54, 1.807) is 18.2 Å². The maximum atomic E-state index is 13.6. The summed E-state index contributed by atoms with van der Waals surface area (Å²) in [6.07, 6.45) is 3.06. The lowest BCUT2D eigenvalue weighted by atomic mass is 10.1. The van der Waals surface area contributed by atoms with E-state index in [-0.39, 0.29) is 15.4 Å². The predicted octanol–water partition coefficient (Wildman–Crippen LogP) is 5.11. The van der Waals surface area contributed by atoms with Crippen LogP contribution in [0.15, 0.2) is 76.5 Å². The van der Waals surface area contributed by atoms with Crippen molar-refractivity contribution < 1.29 is 21.6 Å². The Kier molecular flexibility index (Phi) is 4.95. The fourth-order valence-corrected chi connectivity index (χ4v) is 3.59. The third-order valence-corrected chi connectivity index (χ3v) is 5.52. The van der Waals surface area contributed by atoms with Gasteiger partial charge in [-0.3, -0.25) is 0 Å². The van der Waals surface area contributed by atoms with Crippen LogP contribution in [0, 0.1) is 17.5 Å². The van der Waals surface area contributed by atoms with Crippen LogP contribution >= 0.6 is 0 Å². The van der Waals surface area contributed by atoms with E-state index in [0.29, 0.717) is 5.56 Å². The van der Waals surface area contributed by atoms with Crippen LogP contribution in [-0.2, 0) is 9.84 Å². The monoisotopic (exact) mass is 374 g/mol. The van der Waals surface area contributed by atoms with Gasteiger partial charge in [0.15, 0.2) is 0 Å². The highest BCUT2D eigenvalue weighted by Gasteiger charge is 2.17. The molecule has 2 nitrogen and oxygen atoms in total. The van der Waals surface area contributed by atoms with Gasteiger partial charge >= 0.3 is 0 Å². The molecule has 0 spiro atoms. The molecule has 0 aromatic heterocycles. The Labute approximate surface area is 149 Å². The molecule has 132 valence electrons. The highest BCUT2D eigenvalue weighted by molar-refractivity contribution is 7.91. The molecule has 0 fully saturated rings. The Morgan fingerprint density at radius 3 is 1.77 bits per heavy atom. The second-order valence-electron chi connectivity index (χ2n) is 5.53. The normalized spacial score (nSPS) is 11.8. The van der Waals surface area contributed by atoms with Crippen LogP contribution in [0.3, 0.4) is 0 Å². The van der Waals surface area contributed by atoms with Gasteiger partial charge in [0.1, 0.15) is 17.5 Å². The van der Waals surface area contributed by atoms with E-state index in [9.17, 15) is 21.6 Å². The summed E-state index contributed by atoms with van der Waals surface area (Å²) in [6.45, 7) is 0. The zero-order valence-electron chi connectivity index (χ0n) is 13.4. The summed E-state index contributed by atoms with van der Waals surface area (Å²) in [4.78, 5) is 0.0600. The maximum absolute atomic E-state index is 13.6. The lowest BCUT2D eigenvalue weighted by Gasteiger charge is -2.05. The van der Waals surface area contributed by atoms with E-state index in [1.807, 2.05) is 0 Å². The van der Waals surface area contributed by atoms with E-state index in [4.69, 9.17) is 0 Å². The molecular formula is C20H13F3O2S. The van der Waals surface area contributed by atoms with Crippen molar-refractivity contribution in [2.75, 3.05) is 0 Å². The molecule has 0 aliphatic carbocycles. The molecule has 0 saturated heterocycles. The summed E-state index contributed by atoms with van der Waals surface area (Å²) in [6, 6.07) is 13.8. The van der Waals surface area contributed by atoms with Crippen molar-refractivity contribution >= 4 is 22.0 Å². The smallest absolute Gasteiger partial charge is 0.206 e. The number of hydrogen-bond acceptors (Lipinski definition) is 2. The van der Waals surface area contributed by atoms with Gasteiger partial charge in [0.25, 0.3) is 0 Å². The second kappa shape index (κ2) is 7.17. The Morgan fingerprint density at radius 2 is 1.19 bits per heavy atom. The van der Waals surface area contributed by atoms with Crippen molar-refractivity contribution in [3.63, 3.8) is 0 Å². The molecule has 3 aromatic carbocycles. The zero-order chi connectivity index (χ0) is 18.7. The van der Waals surface area contributed by atoms with Crippen molar-refractivity contribution in [3.8, 4) is 0 Å². The largest absolute Gasteiger partial charge is 0.219 e. The van der Waals surface area contributed by atoms with Crippen LogP contribution in [0.2, 0.25) is 0 Å².